The van der Waals surface area contributed by atoms with Gasteiger partial charge in [-0.1, -0.05) is 24.3 Å². The van der Waals surface area contributed by atoms with Crippen molar-refractivity contribution in [3.63, 3.8) is 0 Å². The van der Waals surface area contributed by atoms with Gasteiger partial charge >= 0.3 is 5.69 Å². The first-order valence-electron chi connectivity index (χ1n) is 14.8. The van der Waals surface area contributed by atoms with Gasteiger partial charge in [-0.15, -0.1) is 0 Å². The van der Waals surface area contributed by atoms with E-state index in [1.54, 1.807) is 60.5 Å². The van der Waals surface area contributed by atoms with Crippen LogP contribution < -0.4 is 21.1 Å². The molecule has 11 heteroatoms. The predicted octanol–water partition coefficient (Wildman–Crippen LogP) is 4.33. The van der Waals surface area contributed by atoms with Gasteiger partial charge < -0.3 is 24.6 Å². The fourth-order valence-electron chi connectivity index (χ4n) is 5.53. The lowest BCUT2D eigenvalue weighted by atomic mass is 10.2. The smallest absolute Gasteiger partial charge is 0.339 e. The molecular weight excluding hydrogens is 570 g/mol. The first-order chi connectivity index (χ1) is 21.7. The normalized spacial score (nSPS) is 15.1. The van der Waals surface area contributed by atoms with Gasteiger partial charge in [0.1, 0.15) is 29.4 Å². The number of amides is 1. The molecule has 3 heterocycles. The SMILES string of the molecule is CN(C(=O)/C=C/C[N+](C)(C)[C@@H]1CCOC1)c1cccc(-n2c(=O)n(-c3ccc(Oc4ccccc4)cc3)c3c(N)ncnc32)c1. The van der Waals surface area contributed by atoms with Crippen LogP contribution in [0.2, 0.25) is 0 Å². The number of para-hydroxylation sites is 1. The average Bonchev–Trinajstić information content (AvgIpc) is 3.69. The van der Waals surface area contributed by atoms with Crippen molar-refractivity contribution in [2.24, 2.45) is 0 Å². The summed E-state index contributed by atoms with van der Waals surface area (Å²) in [4.78, 5) is 37.3. The van der Waals surface area contributed by atoms with Gasteiger partial charge in [0.25, 0.3) is 5.91 Å². The molecule has 0 saturated carbocycles. The summed E-state index contributed by atoms with van der Waals surface area (Å²) in [5.41, 5.74) is 8.38. The van der Waals surface area contributed by atoms with Gasteiger partial charge in [0.05, 0.1) is 45.2 Å². The number of likely N-dealkylation sites (N-methyl/N-ethyl adjacent to an activating group) is 2. The molecule has 1 amide bonds. The Bertz CT molecular complexity index is 1910. The van der Waals surface area contributed by atoms with Crippen molar-refractivity contribution in [2.45, 2.75) is 12.5 Å². The summed E-state index contributed by atoms with van der Waals surface area (Å²) < 4.78 is 15.2. The second kappa shape index (κ2) is 12.4. The second-order valence-corrected chi connectivity index (χ2v) is 11.6. The number of anilines is 2. The molecule has 1 fully saturated rings. The number of nitrogen functional groups attached to an aromatic ring is 1. The molecule has 0 spiro atoms. The van der Waals surface area contributed by atoms with Crippen LogP contribution in [-0.4, -0.2) is 76.4 Å². The largest absolute Gasteiger partial charge is 0.457 e. The van der Waals surface area contributed by atoms with Gasteiger partial charge in [0.2, 0.25) is 0 Å². The van der Waals surface area contributed by atoms with Crippen molar-refractivity contribution in [3.8, 4) is 22.9 Å². The molecule has 5 aromatic rings. The number of fused-ring (bicyclic) bond motifs is 1. The zero-order valence-corrected chi connectivity index (χ0v) is 25.5. The summed E-state index contributed by atoms with van der Waals surface area (Å²) >= 11 is 0. The van der Waals surface area contributed by atoms with Crippen LogP contribution in [0.3, 0.4) is 0 Å². The van der Waals surface area contributed by atoms with Crippen molar-refractivity contribution in [1.82, 2.24) is 19.1 Å². The molecule has 230 valence electrons. The molecular formula is C34H36N7O4+. The first-order valence-corrected chi connectivity index (χ1v) is 14.8. The van der Waals surface area contributed by atoms with E-state index in [-0.39, 0.29) is 17.4 Å². The average molecular weight is 607 g/mol. The van der Waals surface area contributed by atoms with Gasteiger partial charge in [-0.2, -0.15) is 0 Å². The van der Waals surface area contributed by atoms with E-state index in [1.165, 1.54) is 15.5 Å². The highest BCUT2D eigenvalue weighted by molar-refractivity contribution is 6.01. The molecule has 1 aliphatic heterocycles. The van der Waals surface area contributed by atoms with Crippen LogP contribution in [-0.2, 0) is 9.53 Å². The van der Waals surface area contributed by atoms with Gasteiger partial charge in [0, 0.05) is 25.2 Å². The third-order valence-corrected chi connectivity index (χ3v) is 8.26. The number of benzene rings is 3. The Labute approximate surface area is 261 Å². The van der Waals surface area contributed by atoms with E-state index < -0.39 is 0 Å². The van der Waals surface area contributed by atoms with Gasteiger partial charge in [-0.25, -0.2) is 19.3 Å². The van der Waals surface area contributed by atoms with E-state index in [4.69, 9.17) is 15.2 Å². The number of carbonyl (C=O) groups is 1. The van der Waals surface area contributed by atoms with Crippen molar-refractivity contribution in [1.29, 1.82) is 0 Å². The van der Waals surface area contributed by atoms with E-state index in [0.29, 0.717) is 52.3 Å². The topological polar surface area (TPSA) is 118 Å². The summed E-state index contributed by atoms with van der Waals surface area (Å²) in [6.07, 6.45) is 5.85. The summed E-state index contributed by atoms with van der Waals surface area (Å²) in [7, 11) is 6.01. The predicted molar refractivity (Wildman–Crippen MR) is 174 cm³/mol. The van der Waals surface area contributed by atoms with Gasteiger partial charge in [0.15, 0.2) is 11.5 Å². The lowest BCUT2D eigenvalue weighted by Gasteiger charge is -2.34. The number of ether oxygens (including phenoxy) is 2. The van der Waals surface area contributed by atoms with Crippen LogP contribution in [0.1, 0.15) is 6.42 Å². The fraction of sp³-hybridized carbons (Fsp3) is 0.235. The molecule has 0 unspecified atom stereocenters. The molecule has 0 radical (unpaired) electrons. The number of aromatic nitrogens is 4. The standard InChI is InChI=1S/C34H36N7O4/c1-38(30(42)13-8-19-41(2,3)27-18-20-44-22-27)25-9-7-10-26(21-25)40-33-31(32(35)36-23-37-33)39(34(40)43)24-14-16-29(17-15-24)45-28-11-5-4-6-12-28/h4-17,21,23,27H,18-20,22H2,1-3H3,(H2,35,36,37)/q+1/b13-8+/t27-/m1/s1. The van der Waals surface area contributed by atoms with Crippen LogP contribution in [0, 0.1) is 0 Å². The first kappa shape index (κ1) is 29.8. The number of quaternary nitrogens is 1. The van der Waals surface area contributed by atoms with E-state index >= 15 is 0 Å². The molecule has 0 aliphatic carbocycles. The van der Waals surface area contributed by atoms with E-state index in [0.717, 1.165) is 24.1 Å². The van der Waals surface area contributed by atoms with Crippen LogP contribution >= 0.6 is 0 Å². The van der Waals surface area contributed by atoms with Crippen molar-refractivity contribution < 1.29 is 18.8 Å². The Morgan fingerprint density at radius 3 is 2.51 bits per heavy atom. The molecule has 0 bridgehead atoms. The zero-order chi connectivity index (χ0) is 31.6. The Morgan fingerprint density at radius 1 is 1.02 bits per heavy atom. The Hall–Kier alpha value is -5.26. The molecule has 1 atom stereocenters. The highest BCUT2D eigenvalue weighted by Gasteiger charge is 2.31. The minimum atomic E-state index is -0.379. The number of imidazole rings is 1. The van der Waals surface area contributed by atoms with Crippen molar-refractivity contribution in [2.75, 3.05) is 51.5 Å². The molecule has 3 aromatic carbocycles. The highest BCUT2D eigenvalue weighted by atomic mass is 16.5. The minimum absolute atomic E-state index is 0.166. The number of hydrogen-bond acceptors (Lipinski definition) is 7. The number of carbonyl (C=O) groups excluding carboxylic acids is 1. The summed E-state index contributed by atoms with van der Waals surface area (Å²) in [5, 5.41) is 0. The molecule has 11 nitrogen and oxygen atoms in total. The lowest BCUT2D eigenvalue weighted by Crippen LogP contribution is -2.49. The highest BCUT2D eigenvalue weighted by Crippen LogP contribution is 2.27. The maximum atomic E-state index is 14.0. The molecule has 6 rings (SSSR count). The van der Waals surface area contributed by atoms with Gasteiger partial charge in [-0.05, 0) is 60.7 Å². The number of nitrogens with two attached hydrogens (primary N) is 1. The summed E-state index contributed by atoms with van der Waals surface area (Å²) in [6, 6.07) is 24.2. The van der Waals surface area contributed by atoms with Crippen LogP contribution in [0.4, 0.5) is 11.5 Å². The van der Waals surface area contributed by atoms with E-state index in [1.807, 2.05) is 42.5 Å². The lowest BCUT2D eigenvalue weighted by molar-refractivity contribution is -0.907. The van der Waals surface area contributed by atoms with E-state index in [2.05, 4.69) is 24.1 Å². The maximum absolute atomic E-state index is 14.0. The van der Waals surface area contributed by atoms with Gasteiger partial charge in [-0.3, -0.25) is 9.36 Å². The van der Waals surface area contributed by atoms with E-state index in [9.17, 15) is 9.59 Å². The maximum Gasteiger partial charge on any atom is 0.339 e. The van der Waals surface area contributed by atoms with Crippen LogP contribution in [0.25, 0.3) is 22.5 Å². The molecule has 1 aliphatic rings. The zero-order valence-electron chi connectivity index (χ0n) is 25.5. The quantitative estimate of drug-likeness (QED) is 0.196. The molecule has 1 saturated heterocycles. The van der Waals surface area contributed by atoms with Crippen molar-refractivity contribution in [3.05, 3.63) is 108 Å². The molecule has 2 aromatic heterocycles. The third kappa shape index (κ3) is 6.08. The Balaban J connectivity index is 1.29. The molecule has 2 N–H and O–H groups in total. The summed E-state index contributed by atoms with van der Waals surface area (Å²) in [5.74, 6) is 1.32. The molecule has 45 heavy (non-hydrogen) atoms. The minimum Gasteiger partial charge on any atom is -0.457 e. The fourth-order valence-corrected chi connectivity index (χ4v) is 5.53. The Kier molecular flexibility index (Phi) is 8.20. The van der Waals surface area contributed by atoms with Crippen LogP contribution in [0.5, 0.6) is 11.5 Å². The third-order valence-electron chi connectivity index (χ3n) is 8.26. The second-order valence-electron chi connectivity index (χ2n) is 11.6. The summed E-state index contributed by atoms with van der Waals surface area (Å²) in [6.45, 7) is 2.23. The number of rotatable bonds is 9. The number of nitrogens with zero attached hydrogens (tertiary/aromatic N) is 6. The van der Waals surface area contributed by atoms with Crippen molar-refractivity contribution >= 4 is 28.6 Å². The monoisotopic (exact) mass is 606 g/mol. The van der Waals surface area contributed by atoms with Crippen LogP contribution in [0.15, 0.2) is 102 Å². The number of hydrogen-bond donors (Lipinski definition) is 1. The Morgan fingerprint density at radius 2 is 1.78 bits per heavy atom.